The number of hydrogen-bond donors (Lipinski definition) is 1. The third-order valence-electron chi connectivity index (χ3n) is 6.90. The Bertz CT molecular complexity index is 1010. The molecule has 0 radical (unpaired) electrons. The van der Waals surface area contributed by atoms with Crippen LogP contribution in [0.2, 0.25) is 0 Å². The first-order valence-electron chi connectivity index (χ1n) is 13.5. The van der Waals surface area contributed by atoms with Gasteiger partial charge in [0, 0.05) is 84.7 Å². The summed E-state index contributed by atoms with van der Waals surface area (Å²) in [6.07, 6.45) is 4.00. The molecule has 0 bridgehead atoms. The number of nitrogens with zero attached hydrogens (tertiary/aromatic N) is 4. The molecule has 2 fully saturated rings. The van der Waals surface area contributed by atoms with Crippen LogP contribution in [0.15, 0.2) is 36.5 Å². The van der Waals surface area contributed by atoms with Gasteiger partial charge in [0.1, 0.15) is 5.82 Å². The zero-order valence-corrected chi connectivity index (χ0v) is 23.4. The van der Waals surface area contributed by atoms with Gasteiger partial charge in [-0.2, -0.15) is 0 Å². The first-order chi connectivity index (χ1) is 17.6. The minimum Gasteiger partial charge on any atom is -0.369 e. The molecule has 3 aliphatic heterocycles. The number of carbonyl (C=O) groups excluding carboxylic acids is 1. The maximum Gasteiger partial charge on any atom is 0.238 e. The highest BCUT2D eigenvalue weighted by Gasteiger charge is 2.29. The number of anilines is 3. The normalized spacial score (nSPS) is 19.2. The molecule has 0 atom stereocenters. The van der Waals surface area contributed by atoms with Crippen molar-refractivity contribution in [1.82, 2.24) is 9.88 Å². The van der Waals surface area contributed by atoms with E-state index in [1.54, 1.807) is 0 Å². The van der Waals surface area contributed by atoms with E-state index in [1.807, 2.05) is 52.1 Å². The monoisotopic (exact) mass is 513 g/mol. The Morgan fingerprint density at radius 2 is 1.61 bits per heavy atom. The van der Waals surface area contributed by atoms with Crippen LogP contribution in [0.1, 0.15) is 51.7 Å². The molecule has 0 saturated carbocycles. The second-order valence-corrected chi connectivity index (χ2v) is 10.7. The zero-order valence-electron chi connectivity index (χ0n) is 22.6. The van der Waals surface area contributed by atoms with Gasteiger partial charge in [-0.05, 0) is 37.0 Å². The molecule has 36 heavy (non-hydrogen) atoms. The van der Waals surface area contributed by atoms with E-state index in [4.69, 9.17) is 4.98 Å². The Kier molecular flexibility index (Phi) is 10.7. The molecule has 1 N–H and O–H groups in total. The van der Waals surface area contributed by atoms with Crippen LogP contribution in [0.25, 0.3) is 0 Å². The molecule has 2 saturated heterocycles. The fraction of sp³-hybridized carbons (Fsp3) is 0.571. The van der Waals surface area contributed by atoms with Gasteiger partial charge in [-0.25, -0.2) is 4.98 Å². The SMILES string of the molecule is CC.CC.Cc1cnc(N2CCC(N3CC(=O)Nc4ccccc4C3)CC2)cc1N1CCS(=O)CC1. The summed E-state index contributed by atoms with van der Waals surface area (Å²) < 4.78 is 11.7. The van der Waals surface area contributed by atoms with Crippen molar-refractivity contribution in [2.75, 3.05) is 59.3 Å². The lowest BCUT2D eigenvalue weighted by atomic mass is 10.0. The molecule has 1 aromatic carbocycles. The fourth-order valence-electron chi connectivity index (χ4n) is 5.04. The minimum atomic E-state index is -0.676. The highest BCUT2D eigenvalue weighted by Crippen LogP contribution is 2.29. The lowest BCUT2D eigenvalue weighted by Gasteiger charge is -2.38. The molecule has 2 aromatic rings. The van der Waals surface area contributed by atoms with Crippen molar-refractivity contribution >= 4 is 33.9 Å². The second-order valence-electron chi connectivity index (χ2n) is 8.99. The molecule has 3 aliphatic rings. The predicted molar refractivity (Wildman–Crippen MR) is 152 cm³/mol. The highest BCUT2D eigenvalue weighted by atomic mass is 32.2. The van der Waals surface area contributed by atoms with Crippen LogP contribution < -0.4 is 15.1 Å². The van der Waals surface area contributed by atoms with Crippen LogP contribution in [0.5, 0.6) is 0 Å². The van der Waals surface area contributed by atoms with E-state index in [0.29, 0.717) is 12.6 Å². The van der Waals surface area contributed by atoms with E-state index in [2.05, 4.69) is 39.1 Å². The number of fused-ring (bicyclic) bond motifs is 1. The third kappa shape index (κ3) is 6.85. The summed E-state index contributed by atoms with van der Waals surface area (Å²) in [5.41, 5.74) is 4.52. The van der Waals surface area contributed by atoms with Crippen LogP contribution in [-0.2, 0) is 22.1 Å². The number of aryl methyl sites for hydroxylation is 1. The fourth-order valence-corrected chi connectivity index (χ4v) is 6.09. The lowest BCUT2D eigenvalue weighted by molar-refractivity contribution is -0.117. The molecule has 198 valence electrons. The number of aromatic nitrogens is 1. The molecule has 1 aromatic heterocycles. The van der Waals surface area contributed by atoms with Gasteiger partial charge in [-0.1, -0.05) is 45.9 Å². The summed E-state index contributed by atoms with van der Waals surface area (Å²) in [7, 11) is -0.676. The van der Waals surface area contributed by atoms with Crippen molar-refractivity contribution in [2.24, 2.45) is 0 Å². The molecule has 7 nitrogen and oxygen atoms in total. The van der Waals surface area contributed by atoms with Crippen molar-refractivity contribution < 1.29 is 9.00 Å². The van der Waals surface area contributed by atoms with Gasteiger partial charge >= 0.3 is 0 Å². The first kappa shape index (κ1) is 28.1. The third-order valence-corrected chi connectivity index (χ3v) is 8.17. The summed E-state index contributed by atoms with van der Waals surface area (Å²) in [6, 6.07) is 10.7. The van der Waals surface area contributed by atoms with Crippen molar-refractivity contribution in [3.8, 4) is 0 Å². The van der Waals surface area contributed by atoms with Crippen molar-refractivity contribution in [3.63, 3.8) is 0 Å². The maximum absolute atomic E-state index is 12.4. The minimum absolute atomic E-state index is 0.0738. The van der Waals surface area contributed by atoms with E-state index in [-0.39, 0.29) is 5.91 Å². The van der Waals surface area contributed by atoms with E-state index in [9.17, 15) is 9.00 Å². The number of benzene rings is 1. The summed E-state index contributed by atoms with van der Waals surface area (Å²) in [5, 5.41) is 3.05. The number of amides is 1. The van der Waals surface area contributed by atoms with Crippen molar-refractivity contribution in [1.29, 1.82) is 0 Å². The topological polar surface area (TPSA) is 68.8 Å². The quantitative estimate of drug-likeness (QED) is 0.655. The van der Waals surface area contributed by atoms with E-state index < -0.39 is 10.8 Å². The van der Waals surface area contributed by atoms with Crippen LogP contribution in [0.4, 0.5) is 17.2 Å². The molecular formula is C28H43N5O2S. The van der Waals surface area contributed by atoms with E-state index in [0.717, 1.165) is 68.6 Å². The lowest BCUT2D eigenvalue weighted by Crippen LogP contribution is -2.46. The van der Waals surface area contributed by atoms with Gasteiger partial charge in [0.25, 0.3) is 0 Å². The molecule has 5 rings (SSSR count). The van der Waals surface area contributed by atoms with Gasteiger partial charge in [0.2, 0.25) is 5.91 Å². The number of nitrogens with one attached hydrogen (secondary N) is 1. The smallest absolute Gasteiger partial charge is 0.238 e. The number of para-hydroxylation sites is 1. The van der Waals surface area contributed by atoms with E-state index >= 15 is 0 Å². The van der Waals surface area contributed by atoms with Crippen LogP contribution in [0, 0.1) is 6.92 Å². The van der Waals surface area contributed by atoms with E-state index in [1.165, 1.54) is 16.8 Å². The molecule has 0 spiro atoms. The number of hydrogen-bond acceptors (Lipinski definition) is 6. The zero-order chi connectivity index (χ0) is 26.1. The number of rotatable bonds is 3. The standard InChI is InChI=1S/C24H31N5O2S.2C2H6/c1-18-15-25-23(14-22(18)27-10-12-32(31)13-11-27)28-8-6-20(7-9-28)29-16-19-4-2-3-5-21(19)26-24(30)17-29;2*1-2/h2-5,14-15,20H,6-13,16-17H2,1H3,(H,26,30);2*1-2H3. The van der Waals surface area contributed by atoms with Gasteiger partial charge in [0.05, 0.1) is 6.54 Å². The maximum atomic E-state index is 12.4. The average molecular weight is 514 g/mol. The first-order valence-corrected chi connectivity index (χ1v) is 15.0. The number of carbonyl (C=O) groups is 1. The summed E-state index contributed by atoms with van der Waals surface area (Å²) in [4.78, 5) is 24.2. The molecule has 1 amide bonds. The van der Waals surface area contributed by atoms with Crippen molar-refractivity contribution in [2.45, 2.75) is 60.0 Å². The second kappa shape index (κ2) is 13.7. The Hall–Kier alpha value is -2.45. The Labute approximate surface area is 219 Å². The molecule has 0 unspecified atom stereocenters. The Morgan fingerprint density at radius 3 is 2.31 bits per heavy atom. The molecule has 0 aliphatic carbocycles. The highest BCUT2D eigenvalue weighted by molar-refractivity contribution is 7.85. The molecule has 4 heterocycles. The molecular weight excluding hydrogens is 470 g/mol. The van der Waals surface area contributed by atoms with Gasteiger partial charge in [0.15, 0.2) is 0 Å². The van der Waals surface area contributed by atoms with Gasteiger partial charge < -0.3 is 15.1 Å². The van der Waals surface area contributed by atoms with Gasteiger partial charge in [-0.15, -0.1) is 0 Å². The van der Waals surface area contributed by atoms with Crippen LogP contribution in [-0.4, -0.2) is 70.3 Å². The van der Waals surface area contributed by atoms with Gasteiger partial charge in [-0.3, -0.25) is 13.9 Å². The summed E-state index contributed by atoms with van der Waals surface area (Å²) in [6.45, 7) is 14.9. The van der Waals surface area contributed by atoms with Crippen LogP contribution >= 0.6 is 0 Å². The average Bonchev–Trinajstić information content (AvgIpc) is 3.10. The summed E-state index contributed by atoms with van der Waals surface area (Å²) in [5.74, 6) is 2.59. The predicted octanol–water partition coefficient (Wildman–Crippen LogP) is 4.43. The van der Waals surface area contributed by atoms with Crippen molar-refractivity contribution in [3.05, 3.63) is 47.7 Å². The summed E-state index contributed by atoms with van der Waals surface area (Å²) >= 11 is 0. The van der Waals surface area contributed by atoms with Crippen LogP contribution in [0.3, 0.4) is 0 Å². The Balaban J connectivity index is 0.000000861. The number of piperidine rings is 1. The largest absolute Gasteiger partial charge is 0.369 e. The molecule has 8 heteroatoms. The Morgan fingerprint density at radius 1 is 0.944 bits per heavy atom. The number of pyridine rings is 1.